The lowest BCUT2D eigenvalue weighted by molar-refractivity contribution is 0.0994. The van der Waals surface area contributed by atoms with Gasteiger partial charge < -0.3 is 9.73 Å². The third-order valence-corrected chi connectivity index (χ3v) is 5.55. The maximum absolute atomic E-state index is 12.4. The number of nitrogens with zero attached hydrogens (tertiary/aromatic N) is 1. The summed E-state index contributed by atoms with van der Waals surface area (Å²) in [6.45, 7) is 12.8. The Balaban J connectivity index is 1.82. The van der Waals surface area contributed by atoms with Crippen LogP contribution < -0.4 is 5.32 Å². The van der Waals surface area contributed by atoms with Crippen molar-refractivity contribution in [1.82, 2.24) is 4.98 Å². The van der Waals surface area contributed by atoms with Gasteiger partial charge in [-0.15, -0.1) is 0 Å². The van der Waals surface area contributed by atoms with Crippen molar-refractivity contribution in [3.63, 3.8) is 0 Å². The quantitative estimate of drug-likeness (QED) is 0.679. The Bertz CT molecular complexity index is 986. The van der Waals surface area contributed by atoms with Crippen molar-refractivity contribution in [1.29, 1.82) is 0 Å². The van der Waals surface area contributed by atoms with Gasteiger partial charge in [-0.05, 0) is 105 Å². The molecule has 0 saturated carbocycles. The summed E-state index contributed by atoms with van der Waals surface area (Å²) < 4.78 is 5.83. The second-order valence-corrected chi connectivity index (χ2v) is 7.22. The summed E-state index contributed by atoms with van der Waals surface area (Å²) in [6.07, 6.45) is 2.35. The van der Waals surface area contributed by atoms with E-state index in [1.54, 1.807) is 12.3 Å². The zero-order chi connectivity index (χ0) is 19.7. The number of rotatable bonds is 4. The molecule has 0 radical (unpaired) electrons. The fourth-order valence-electron chi connectivity index (χ4n) is 3.39. The van der Waals surface area contributed by atoms with Crippen molar-refractivity contribution in [2.45, 2.75) is 48.0 Å². The first-order valence-electron chi connectivity index (χ1n) is 9.16. The fourth-order valence-corrected chi connectivity index (χ4v) is 3.39. The number of anilines is 1. The van der Waals surface area contributed by atoms with Gasteiger partial charge in [0.25, 0.3) is 5.91 Å². The second-order valence-electron chi connectivity index (χ2n) is 7.22. The average Bonchev–Trinajstić information content (AvgIpc) is 3.11. The smallest absolute Gasteiger partial charge is 0.292 e. The van der Waals surface area contributed by atoms with Gasteiger partial charge in [0.15, 0.2) is 5.76 Å². The van der Waals surface area contributed by atoms with Gasteiger partial charge in [-0.2, -0.15) is 0 Å². The van der Waals surface area contributed by atoms with E-state index in [0.29, 0.717) is 18.0 Å². The summed E-state index contributed by atoms with van der Waals surface area (Å²) >= 11 is 0. The minimum atomic E-state index is -0.288. The molecule has 4 heteroatoms. The number of pyridine rings is 1. The molecule has 0 aliphatic carbocycles. The second kappa shape index (κ2) is 7.39. The number of aromatic nitrogens is 1. The van der Waals surface area contributed by atoms with Crippen molar-refractivity contribution >= 4 is 11.7 Å². The minimum absolute atomic E-state index is 0.288. The normalized spacial score (nSPS) is 10.9. The SMILES string of the molecule is Cc1ccnc(NC(=O)c2ccc(Cc3c(C)c(C)c(C)c(C)c3C)o2)c1. The van der Waals surface area contributed by atoms with Gasteiger partial charge in [0.1, 0.15) is 11.6 Å². The van der Waals surface area contributed by atoms with Crippen LogP contribution in [0.15, 0.2) is 34.9 Å². The molecule has 1 aromatic carbocycles. The van der Waals surface area contributed by atoms with Crippen LogP contribution in [0.4, 0.5) is 5.82 Å². The number of hydrogen-bond acceptors (Lipinski definition) is 3. The zero-order valence-electron chi connectivity index (χ0n) is 16.9. The molecule has 2 aromatic heterocycles. The van der Waals surface area contributed by atoms with E-state index in [0.717, 1.165) is 11.3 Å². The summed E-state index contributed by atoms with van der Waals surface area (Å²) in [6, 6.07) is 7.31. The summed E-state index contributed by atoms with van der Waals surface area (Å²) in [7, 11) is 0. The van der Waals surface area contributed by atoms with E-state index < -0.39 is 0 Å². The van der Waals surface area contributed by atoms with Crippen molar-refractivity contribution in [3.8, 4) is 0 Å². The number of furan rings is 1. The highest BCUT2D eigenvalue weighted by molar-refractivity contribution is 6.01. The van der Waals surface area contributed by atoms with Gasteiger partial charge in [0.05, 0.1) is 0 Å². The Morgan fingerprint density at radius 1 is 0.926 bits per heavy atom. The monoisotopic (exact) mass is 362 g/mol. The lowest BCUT2D eigenvalue weighted by Gasteiger charge is -2.18. The van der Waals surface area contributed by atoms with E-state index in [4.69, 9.17) is 4.42 Å². The van der Waals surface area contributed by atoms with Gasteiger partial charge in [-0.1, -0.05) is 0 Å². The third kappa shape index (κ3) is 3.80. The standard InChI is InChI=1S/C23H26N2O2/c1-13-9-10-24-22(11-13)25-23(26)21-8-7-19(27-21)12-20-17(5)15(3)14(2)16(4)18(20)6/h7-11H,12H2,1-6H3,(H,24,25,26). The molecular weight excluding hydrogens is 336 g/mol. The van der Waals surface area contributed by atoms with Crippen LogP contribution in [0.25, 0.3) is 0 Å². The Kier molecular flexibility index (Phi) is 5.17. The van der Waals surface area contributed by atoms with Crippen LogP contribution in [-0.4, -0.2) is 10.9 Å². The van der Waals surface area contributed by atoms with E-state index in [1.807, 2.05) is 25.1 Å². The highest BCUT2D eigenvalue weighted by Crippen LogP contribution is 2.28. The average molecular weight is 362 g/mol. The van der Waals surface area contributed by atoms with Crippen LogP contribution in [0.5, 0.6) is 0 Å². The van der Waals surface area contributed by atoms with Crippen molar-refractivity contribution in [2.24, 2.45) is 0 Å². The number of carbonyl (C=O) groups is 1. The lowest BCUT2D eigenvalue weighted by atomic mass is 9.88. The number of benzene rings is 1. The molecule has 27 heavy (non-hydrogen) atoms. The molecule has 0 saturated heterocycles. The Morgan fingerprint density at radius 2 is 1.56 bits per heavy atom. The van der Waals surface area contributed by atoms with Crippen LogP contribution in [0.1, 0.15) is 55.3 Å². The number of nitrogens with one attached hydrogen (secondary N) is 1. The van der Waals surface area contributed by atoms with Gasteiger partial charge in [-0.25, -0.2) is 4.98 Å². The highest BCUT2D eigenvalue weighted by Gasteiger charge is 2.16. The van der Waals surface area contributed by atoms with Crippen LogP contribution >= 0.6 is 0 Å². The number of hydrogen-bond donors (Lipinski definition) is 1. The van der Waals surface area contributed by atoms with Crippen molar-refractivity contribution in [3.05, 3.63) is 80.9 Å². The Morgan fingerprint density at radius 3 is 2.19 bits per heavy atom. The van der Waals surface area contributed by atoms with E-state index in [-0.39, 0.29) is 5.91 Å². The van der Waals surface area contributed by atoms with Crippen LogP contribution in [0.3, 0.4) is 0 Å². The van der Waals surface area contributed by atoms with Crippen LogP contribution in [0, 0.1) is 41.5 Å². The molecule has 1 N–H and O–H groups in total. The lowest BCUT2D eigenvalue weighted by Crippen LogP contribution is -2.12. The first-order valence-corrected chi connectivity index (χ1v) is 9.16. The first-order chi connectivity index (χ1) is 12.8. The molecule has 0 fully saturated rings. The zero-order valence-corrected chi connectivity index (χ0v) is 16.9. The van der Waals surface area contributed by atoms with Gasteiger partial charge >= 0.3 is 0 Å². The number of aryl methyl sites for hydroxylation is 1. The summed E-state index contributed by atoms with van der Waals surface area (Å²) in [5, 5.41) is 2.78. The maximum atomic E-state index is 12.4. The summed E-state index contributed by atoms with van der Waals surface area (Å²) in [5.41, 5.74) is 8.89. The molecule has 0 atom stereocenters. The molecule has 0 aliphatic rings. The molecule has 140 valence electrons. The molecule has 3 aromatic rings. The van der Waals surface area contributed by atoms with E-state index in [2.05, 4.69) is 44.9 Å². The van der Waals surface area contributed by atoms with Crippen LogP contribution in [-0.2, 0) is 6.42 Å². The highest BCUT2D eigenvalue weighted by atomic mass is 16.3. The predicted octanol–water partition coefficient (Wildman–Crippen LogP) is 5.37. The Hall–Kier alpha value is -2.88. The summed E-state index contributed by atoms with van der Waals surface area (Å²) in [4.78, 5) is 16.6. The third-order valence-electron chi connectivity index (χ3n) is 5.55. The van der Waals surface area contributed by atoms with E-state index in [9.17, 15) is 4.79 Å². The fraction of sp³-hybridized carbons (Fsp3) is 0.304. The Labute approximate surface area is 160 Å². The molecule has 2 heterocycles. The maximum Gasteiger partial charge on any atom is 0.292 e. The van der Waals surface area contributed by atoms with E-state index >= 15 is 0 Å². The molecule has 4 nitrogen and oxygen atoms in total. The van der Waals surface area contributed by atoms with Gasteiger partial charge in [0.2, 0.25) is 0 Å². The van der Waals surface area contributed by atoms with Crippen molar-refractivity contribution in [2.75, 3.05) is 5.32 Å². The first kappa shape index (κ1) is 18.9. The number of carbonyl (C=O) groups excluding carboxylic acids is 1. The van der Waals surface area contributed by atoms with Gasteiger partial charge in [0, 0.05) is 12.6 Å². The molecule has 0 unspecified atom stereocenters. The largest absolute Gasteiger partial charge is 0.456 e. The molecule has 0 bridgehead atoms. The van der Waals surface area contributed by atoms with Crippen molar-refractivity contribution < 1.29 is 9.21 Å². The molecule has 0 spiro atoms. The van der Waals surface area contributed by atoms with Gasteiger partial charge in [-0.3, -0.25) is 4.79 Å². The number of amides is 1. The molecule has 1 amide bonds. The van der Waals surface area contributed by atoms with Crippen LogP contribution in [0.2, 0.25) is 0 Å². The van der Waals surface area contributed by atoms with E-state index in [1.165, 1.54) is 33.4 Å². The molecular formula is C23H26N2O2. The minimum Gasteiger partial charge on any atom is -0.456 e. The summed E-state index contributed by atoms with van der Waals surface area (Å²) in [5.74, 6) is 1.31. The topological polar surface area (TPSA) is 55.1 Å². The predicted molar refractivity (Wildman–Crippen MR) is 109 cm³/mol. The molecule has 0 aliphatic heterocycles. The molecule has 3 rings (SSSR count).